The Morgan fingerprint density at radius 3 is 2.11 bits per heavy atom. The molecule has 36 heavy (non-hydrogen) atoms. The number of rotatable bonds is 11. The largest absolute Gasteiger partial charge is 0.444 e. The molecular weight excluding hydrogens is 454 g/mol. The van der Waals surface area contributed by atoms with Crippen LogP contribution in [0.5, 0.6) is 0 Å². The Balaban J connectivity index is 3.50. The Labute approximate surface area is 218 Å². The highest BCUT2D eigenvalue weighted by Crippen LogP contribution is 2.32. The van der Waals surface area contributed by atoms with E-state index >= 15 is 0 Å². The topological polar surface area (TPSA) is 87.7 Å². The molecule has 0 saturated heterocycles. The molecule has 0 aliphatic heterocycles. The smallest absolute Gasteiger partial charge is 0.408 e. The standard InChI is InChI=1S/C29H49N3O4/c1-11-12-15-18-30-25(33)24(22-17-14-13-16-21(22)4)32(28(5,6)7)26(34)23(19-20(2)3)31-27(35)36-29(8,9)10/h13-14,16-17,20,23-24H,11-12,15,18-19H2,1-10H3,(H,30,33)(H,31,35). The van der Waals surface area contributed by atoms with Crippen LogP contribution < -0.4 is 10.6 Å². The number of ether oxygens (including phenoxy) is 1. The summed E-state index contributed by atoms with van der Waals surface area (Å²) in [6.45, 7) is 19.7. The van der Waals surface area contributed by atoms with Crippen molar-refractivity contribution in [1.82, 2.24) is 15.5 Å². The minimum absolute atomic E-state index is 0.135. The van der Waals surface area contributed by atoms with Gasteiger partial charge < -0.3 is 20.3 Å². The van der Waals surface area contributed by atoms with Crippen molar-refractivity contribution in [3.05, 3.63) is 35.4 Å². The van der Waals surface area contributed by atoms with Crippen molar-refractivity contribution in [2.45, 2.75) is 118 Å². The summed E-state index contributed by atoms with van der Waals surface area (Å²) < 4.78 is 5.45. The van der Waals surface area contributed by atoms with Gasteiger partial charge in [0.2, 0.25) is 11.8 Å². The van der Waals surface area contributed by atoms with Crippen LogP contribution in [0, 0.1) is 12.8 Å². The third-order valence-corrected chi connectivity index (χ3v) is 5.73. The Bertz CT molecular complexity index is 868. The fourth-order valence-corrected chi connectivity index (χ4v) is 4.13. The average Bonchev–Trinajstić information content (AvgIpc) is 2.72. The first-order valence-corrected chi connectivity index (χ1v) is 13.2. The van der Waals surface area contributed by atoms with Gasteiger partial charge in [-0.2, -0.15) is 0 Å². The van der Waals surface area contributed by atoms with Crippen LogP contribution in [0.25, 0.3) is 0 Å². The van der Waals surface area contributed by atoms with Crippen LogP contribution in [0.2, 0.25) is 0 Å². The quantitative estimate of drug-likeness (QED) is 0.368. The molecule has 0 saturated carbocycles. The van der Waals surface area contributed by atoms with E-state index < -0.39 is 29.3 Å². The molecular formula is C29H49N3O4. The van der Waals surface area contributed by atoms with Crippen molar-refractivity contribution >= 4 is 17.9 Å². The van der Waals surface area contributed by atoms with Crippen LogP contribution in [0.1, 0.15) is 105 Å². The van der Waals surface area contributed by atoms with E-state index in [-0.39, 0.29) is 17.7 Å². The summed E-state index contributed by atoms with van der Waals surface area (Å²) >= 11 is 0. The number of carbonyl (C=O) groups is 3. The lowest BCUT2D eigenvalue weighted by atomic mass is 9.92. The Hall–Kier alpha value is -2.57. The maximum absolute atomic E-state index is 14.2. The van der Waals surface area contributed by atoms with Crippen LogP contribution >= 0.6 is 0 Å². The molecule has 0 aliphatic carbocycles. The molecule has 1 aromatic carbocycles. The second-order valence-corrected chi connectivity index (χ2v) is 12.0. The second kappa shape index (κ2) is 13.7. The van der Waals surface area contributed by atoms with Crippen molar-refractivity contribution in [2.24, 2.45) is 5.92 Å². The molecule has 0 bridgehead atoms. The molecule has 0 aromatic heterocycles. The fourth-order valence-electron chi connectivity index (χ4n) is 4.13. The van der Waals surface area contributed by atoms with Crippen molar-refractivity contribution < 1.29 is 19.1 Å². The van der Waals surface area contributed by atoms with E-state index in [9.17, 15) is 14.4 Å². The van der Waals surface area contributed by atoms with E-state index in [2.05, 4.69) is 17.6 Å². The highest BCUT2D eigenvalue weighted by atomic mass is 16.6. The molecule has 7 nitrogen and oxygen atoms in total. The van der Waals surface area contributed by atoms with E-state index in [1.165, 1.54) is 0 Å². The summed E-state index contributed by atoms with van der Waals surface area (Å²) in [4.78, 5) is 42.2. The van der Waals surface area contributed by atoms with Crippen LogP contribution in [-0.2, 0) is 14.3 Å². The van der Waals surface area contributed by atoms with Crippen LogP contribution in [-0.4, -0.2) is 46.5 Å². The summed E-state index contributed by atoms with van der Waals surface area (Å²) in [7, 11) is 0. The number of nitrogens with zero attached hydrogens (tertiary/aromatic N) is 1. The van der Waals surface area contributed by atoms with Crippen LogP contribution in [0.3, 0.4) is 0 Å². The number of alkyl carbamates (subject to hydrolysis) is 1. The number of unbranched alkanes of at least 4 members (excludes halogenated alkanes) is 2. The van der Waals surface area contributed by atoms with Gasteiger partial charge in [-0.3, -0.25) is 9.59 Å². The van der Waals surface area contributed by atoms with Crippen molar-refractivity contribution in [3.63, 3.8) is 0 Å². The van der Waals surface area contributed by atoms with E-state index in [0.717, 1.165) is 30.4 Å². The molecule has 2 unspecified atom stereocenters. The average molecular weight is 504 g/mol. The first kappa shape index (κ1) is 31.5. The minimum Gasteiger partial charge on any atom is -0.444 e. The van der Waals surface area contributed by atoms with Gasteiger partial charge in [0.15, 0.2) is 0 Å². The Morgan fingerprint density at radius 2 is 1.61 bits per heavy atom. The number of hydrogen-bond acceptors (Lipinski definition) is 4. The van der Waals surface area contributed by atoms with Gasteiger partial charge in [-0.1, -0.05) is 57.9 Å². The molecule has 0 fully saturated rings. The fraction of sp³-hybridized carbons (Fsp3) is 0.690. The molecule has 2 N–H and O–H groups in total. The lowest BCUT2D eigenvalue weighted by molar-refractivity contribution is -0.148. The number of amides is 3. The van der Waals surface area contributed by atoms with Gasteiger partial charge >= 0.3 is 6.09 Å². The Morgan fingerprint density at radius 1 is 1.00 bits per heavy atom. The summed E-state index contributed by atoms with van der Waals surface area (Å²) in [6.07, 6.45) is 2.72. The van der Waals surface area contributed by atoms with Gasteiger partial charge in [-0.25, -0.2) is 4.79 Å². The summed E-state index contributed by atoms with van der Waals surface area (Å²) in [5.74, 6) is -0.390. The summed E-state index contributed by atoms with van der Waals surface area (Å²) in [6, 6.07) is 5.98. The van der Waals surface area contributed by atoms with E-state index in [4.69, 9.17) is 4.74 Å². The lowest BCUT2D eigenvalue weighted by Crippen LogP contribution is -2.59. The Kier molecular flexibility index (Phi) is 11.9. The molecule has 0 spiro atoms. The highest BCUT2D eigenvalue weighted by molar-refractivity contribution is 5.92. The molecule has 3 amide bonds. The third kappa shape index (κ3) is 10.2. The first-order chi connectivity index (χ1) is 16.6. The molecule has 7 heteroatoms. The summed E-state index contributed by atoms with van der Waals surface area (Å²) in [5.41, 5.74) is 0.305. The van der Waals surface area contributed by atoms with Gasteiger partial charge in [0.25, 0.3) is 0 Å². The van der Waals surface area contributed by atoms with Gasteiger partial charge in [0, 0.05) is 12.1 Å². The number of nitrogens with one attached hydrogen (secondary N) is 2. The molecule has 0 aliphatic rings. The number of benzene rings is 1. The second-order valence-electron chi connectivity index (χ2n) is 12.0. The zero-order valence-electron chi connectivity index (χ0n) is 24.2. The maximum Gasteiger partial charge on any atom is 0.408 e. The third-order valence-electron chi connectivity index (χ3n) is 5.73. The molecule has 0 heterocycles. The minimum atomic E-state index is -0.838. The van der Waals surface area contributed by atoms with Crippen LogP contribution in [0.4, 0.5) is 4.79 Å². The lowest BCUT2D eigenvalue weighted by Gasteiger charge is -2.43. The van der Waals surface area contributed by atoms with Crippen molar-refractivity contribution in [1.29, 1.82) is 0 Å². The van der Waals surface area contributed by atoms with E-state index in [1.54, 1.807) is 25.7 Å². The molecule has 2 atom stereocenters. The normalized spacial score (nSPS) is 13.6. The SMILES string of the molecule is CCCCCNC(=O)C(c1ccccc1C)N(C(=O)C(CC(C)C)NC(=O)OC(C)(C)C)C(C)(C)C. The van der Waals surface area contributed by atoms with E-state index in [1.807, 2.05) is 65.8 Å². The van der Waals surface area contributed by atoms with E-state index in [0.29, 0.717) is 13.0 Å². The molecule has 1 aromatic rings. The highest BCUT2D eigenvalue weighted by Gasteiger charge is 2.42. The molecule has 204 valence electrons. The number of hydrogen-bond donors (Lipinski definition) is 2. The van der Waals surface area contributed by atoms with Crippen LogP contribution in [0.15, 0.2) is 24.3 Å². The zero-order chi connectivity index (χ0) is 27.7. The summed E-state index contributed by atoms with van der Waals surface area (Å²) in [5, 5.41) is 5.85. The maximum atomic E-state index is 14.2. The first-order valence-electron chi connectivity index (χ1n) is 13.2. The van der Waals surface area contributed by atoms with Gasteiger partial charge in [0.1, 0.15) is 17.7 Å². The zero-order valence-corrected chi connectivity index (χ0v) is 24.2. The van der Waals surface area contributed by atoms with Gasteiger partial charge in [0.05, 0.1) is 0 Å². The molecule has 0 radical (unpaired) electrons. The van der Waals surface area contributed by atoms with Crippen molar-refractivity contribution in [2.75, 3.05) is 6.54 Å². The van der Waals surface area contributed by atoms with Gasteiger partial charge in [-0.05, 0) is 78.4 Å². The number of carbonyl (C=O) groups excluding carboxylic acids is 3. The number of aryl methyl sites for hydroxylation is 1. The monoisotopic (exact) mass is 503 g/mol. The predicted molar refractivity (Wildman–Crippen MR) is 146 cm³/mol. The van der Waals surface area contributed by atoms with Gasteiger partial charge in [-0.15, -0.1) is 0 Å². The van der Waals surface area contributed by atoms with Crippen molar-refractivity contribution in [3.8, 4) is 0 Å². The predicted octanol–water partition coefficient (Wildman–Crippen LogP) is 5.91. The molecule has 1 rings (SSSR count).